The van der Waals surface area contributed by atoms with Gasteiger partial charge in [0.25, 0.3) is 0 Å². The molecule has 0 spiro atoms. The van der Waals surface area contributed by atoms with Crippen LogP contribution in [-0.4, -0.2) is 18.2 Å². The number of anilines is 1. The SMILES string of the molecule is CCn1cc(CS(=O)(=O)C(C)C)c2c(N)cccc21. The molecular weight excluding hydrogens is 260 g/mol. The summed E-state index contributed by atoms with van der Waals surface area (Å²) in [5.74, 6) is 0.0440. The number of aromatic nitrogens is 1. The van der Waals surface area contributed by atoms with Crippen LogP contribution in [0.1, 0.15) is 26.3 Å². The van der Waals surface area contributed by atoms with E-state index in [1.54, 1.807) is 13.8 Å². The summed E-state index contributed by atoms with van der Waals surface area (Å²) in [7, 11) is -3.12. The van der Waals surface area contributed by atoms with E-state index in [4.69, 9.17) is 5.73 Å². The Bertz CT molecular complexity index is 700. The molecule has 1 aromatic carbocycles. The van der Waals surface area contributed by atoms with Gasteiger partial charge in [-0.25, -0.2) is 8.42 Å². The Morgan fingerprint density at radius 1 is 1.32 bits per heavy atom. The van der Waals surface area contributed by atoms with Gasteiger partial charge in [0.2, 0.25) is 0 Å². The van der Waals surface area contributed by atoms with Crippen LogP contribution in [0.5, 0.6) is 0 Å². The molecule has 0 amide bonds. The molecule has 0 bridgehead atoms. The fourth-order valence-electron chi connectivity index (χ4n) is 2.22. The van der Waals surface area contributed by atoms with E-state index >= 15 is 0 Å². The minimum Gasteiger partial charge on any atom is -0.398 e. The molecule has 0 radical (unpaired) electrons. The first kappa shape index (κ1) is 13.9. The summed E-state index contributed by atoms with van der Waals surface area (Å²) in [6, 6.07) is 5.68. The molecule has 0 fully saturated rings. The molecule has 0 aliphatic rings. The van der Waals surface area contributed by atoms with Crippen molar-refractivity contribution in [2.45, 2.75) is 38.3 Å². The van der Waals surface area contributed by atoms with Gasteiger partial charge in [0.15, 0.2) is 9.84 Å². The molecule has 0 aliphatic heterocycles. The molecule has 2 rings (SSSR count). The Morgan fingerprint density at radius 2 is 2.00 bits per heavy atom. The van der Waals surface area contributed by atoms with E-state index in [2.05, 4.69) is 0 Å². The summed E-state index contributed by atoms with van der Waals surface area (Å²) in [4.78, 5) is 0. The van der Waals surface area contributed by atoms with Crippen LogP contribution in [0.4, 0.5) is 5.69 Å². The highest BCUT2D eigenvalue weighted by Gasteiger charge is 2.20. The Hall–Kier alpha value is -1.49. The van der Waals surface area contributed by atoms with E-state index in [0.29, 0.717) is 5.69 Å². The Morgan fingerprint density at radius 3 is 2.58 bits per heavy atom. The Kier molecular flexibility index (Phi) is 3.58. The number of fused-ring (bicyclic) bond motifs is 1. The number of nitrogens with zero attached hydrogens (tertiary/aromatic N) is 1. The van der Waals surface area contributed by atoms with Crippen molar-refractivity contribution in [3.63, 3.8) is 0 Å². The monoisotopic (exact) mass is 280 g/mol. The molecule has 2 N–H and O–H groups in total. The van der Waals surface area contributed by atoms with Crippen LogP contribution in [0.15, 0.2) is 24.4 Å². The predicted molar refractivity (Wildman–Crippen MR) is 79.8 cm³/mol. The number of nitrogen functional groups attached to an aromatic ring is 1. The first-order valence-corrected chi connectivity index (χ1v) is 8.16. The van der Waals surface area contributed by atoms with Crippen molar-refractivity contribution in [3.05, 3.63) is 30.0 Å². The van der Waals surface area contributed by atoms with E-state index in [0.717, 1.165) is 23.0 Å². The number of rotatable bonds is 4. The second-order valence-electron chi connectivity index (χ2n) is 5.04. The normalized spacial score (nSPS) is 12.4. The lowest BCUT2D eigenvalue weighted by Crippen LogP contribution is -2.16. The van der Waals surface area contributed by atoms with Crippen LogP contribution >= 0.6 is 0 Å². The lowest BCUT2D eigenvalue weighted by molar-refractivity contribution is 0.586. The fraction of sp³-hybridized carbons (Fsp3) is 0.429. The zero-order valence-corrected chi connectivity index (χ0v) is 12.4. The first-order valence-electron chi connectivity index (χ1n) is 6.44. The first-order chi connectivity index (χ1) is 8.86. The maximum Gasteiger partial charge on any atom is 0.156 e. The summed E-state index contributed by atoms with van der Waals surface area (Å²) in [5.41, 5.74) is 8.44. The fourth-order valence-corrected chi connectivity index (χ4v) is 3.21. The minimum absolute atomic E-state index is 0.0440. The summed E-state index contributed by atoms with van der Waals surface area (Å²) in [6.07, 6.45) is 1.90. The van der Waals surface area contributed by atoms with Gasteiger partial charge in [0.05, 0.1) is 16.5 Å². The van der Waals surface area contributed by atoms with E-state index in [1.807, 2.05) is 35.9 Å². The Balaban J connectivity index is 2.62. The van der Waals surface area contributed by atoms with E-state index < -0.39 is 9.84 Å². The van der Waals surface area contributed by atoms with Gasteiger partial charge in [0, 0.05) is 23.8 Å². The average Bonchev–Trinajstić information content (AvgIpc) is 2.68. The molecule has 0 saturated heterocycles. The highest BCUT2D eigenvalue weighted by molar-refractivity contribution is 7.91. The molecular formula is C14H20N2O2S. The smallest absolute Gasteiger partial charge is 0.156 e. The van der Waals surface area contributed by atoms with E-state index in [9.17, 15) is 8.42 Å². The van der Waals surface area contributed by atoms with Crippen LogP contribution in [0, 0.1) is 0 Å². The molecule has 104 valence electrons. The van der Waals surface area contributed by atoms with Gasteiger partial charge in [0.1, 0.15) is 0 Å². The van der Waals surface area contributed by atoms with Crippen LogP contribution in [-0.2, 0) is 22.1 Å². The van der Waals surface area contributed by atoms with E-state index in [-0.39, 0.29) is 11.0 Å². The summed E-state index contributed by atoms with van der Waals surface area (Å²) in [5, 5.41) is 0.492. The van der Waals surface area contributed by atoms with Gasteiger partial charge in [-0.05, 0) is 38.5 Å². The standard InChI is InChI=1S/C14H20N2O2S/c1-4-16-8-11(9-19(17,18)10(2)3)14-12(15)6-5-7-13(14)16/h5-8,10H,4,9,15H2,1-3H3. The number of nitrogens with two attached hydrogens (primary N) is 1. The van der Waals surface area contributed by atoms with Crippen molar-refractivity contribution < 1.29 is 8.42 Å². The van der Waals surface area contributed by atoms with Crippen molar-refractivity contribution in [2.24, 2.45) is 0 Å². The van der Waals surface area contributed by atoms with Crippen molar-refractivity contribution in [2.75, 3.05) is 5.73 Å². The number of benzene rings is 1. The molecule has 5 heteroatoms. The highest BCUT2D eigenvalue weighted by Crippen LogP contribution is 2.29. The molecule has 0 atom stereocenters. The second kappa shape index (κ2) is 4.89. The highest BCUT2D eigenvalue weighted by atomic mass is 32.2. The zero-order valence-electron chi connectivity index (χ0n) is 11.6. The van der Waals surface area contributed by atoms with Gasteiger partial charge < -0.3 is 10.3 Å². The quantitative estimate of drug-likeness (QED) is 0.875. The average molecular weight is 280 g/mol. The van der Waals surface area contributed by atoms with Gasteiger partial charge >= 0.3 is 0 Å². The second-order valence-corrected chi connectivity index (χ2v) is 7.59. The predicted octanol–water partition coefficient (Wildman–Crippen LogP) is 2.57. The number of hydrogen-bond donors (Lipinski definition) is 1. The molecule has 0 saturated carbocycles. The van der Waals surface area contributed by atoms with Crippen LogP contribution < -0.4 is 5.73 Å². The topological polar surface area (TPSA) is 65.1 Å². The molecule has 0 aliphatic carbocycles. The summed E-state index contributed by atoms with van der Waals surface area (Å²) >= 11 is 0. The summed E-state index contributed by atoms with van der Waals surface area (Å²) < 4.78 is 26.2. The molecule has 0 unspecified atom stereocenters. The van der Waals surface area contributed by atoms with Gasteiger partial charge in [-0.3, -0.25) is 0 Å². The van der Waals surface area contributed by atoms with Crippen molar-refractivity contribution in [1.29, 1.82) is 0 Å². The number of hydrogen-bond acceptors (Lipinski definition) is 3. The summed E-state index contributed by atoms with van der Waals surface area (Å²) in [6.45, 7) is 6.24. The number of aryl methyl sites for hydroxylation is 1. The van der Waals surface area contributed by atoms with Crippen LogP contribution in [0.2, 0.25) is 0 Å². The van der Waals surface area contributed by atoms with E-state index in [1.165, 1.54) is 0 Å². The van der Waals surface area contributed by atoms with Gasteiger partial charge in [-0.1, -0.05) is 6.07 Å². The maximum atomic E-state index is 12.1. The lowest BCUT2D eigenvalue weighted by atomic mass is 10.1. The van der Waals surface area contributed by atoms with Crippen molar-refractivity contribution in [3.8, 4) is 0 Å². The van der Waals surface area contributed by atoms with Gasteiger partial charge in [-0.2, -0.15) is 0 Å². The molecule has 1 aromatic heterocycles. The van der Waals surface area contributed by atoms with Crippen LogP contribution in [0.3, 0.4) is 0 Å². The lowest BCUT2D eigenvalue weighted by Gasteiger charge is -2.07. The third-order valence-corrected chi connectivity index (χ3v) is 5.58. The maximum absolute atomic E-state index is 12.1. The molecule has 1 heterocycles. The number of sulfone groups is 1. The Labute approximate surface area is 114 Å². The van der Waals surface area contributed by atoms with Crippen molar-refractivity contribution in [1.82, 2.24) is 4.57 Å². The molecule has 2 aromatic rings. The third-order valence-electron chi connectivity index (χ3n) is 3.43. The molecule has 4 nitrogen and oxygen atoms in total. The van der Waals surface area contributed by atoms with Crippen molar-refractivity contribution >= 4 is 26.4 Å². The van der Waals surface area contributed by atoms with Gasteiger partial charge in [-0.15, -0.1) is 0 Å². The molecule has 19 heavy (non-hydrogen) atoms. The zero-order chi connectivity index (χ0) is 14.2. The third kappa shape index (κ3) is 2.47. The largest absolute Gasteiger partial charge is 0.398 e. The van der Waals surface area contributed by atoms with Crippen LogP contribution in [0.25, 0.3) is 10.9 Å². The minimum atomic E-state index is -3.12.